The molecule has 174 valence electrons. The Balaban J connectivity index is 0. The van der Waals surface area contributed by atoms with Gasteiger partial charge in [0.25, 0.3) is 5.91 Å². The molecule has 2 aromatic rings. The molecule has 4 nitrogen and oxygen atoms in total. The highest BCUT2D eigenvalue weighted by molar-refractivity contribution is 5.95. The summed E-state index contributed by atoms with van der Waals surface area (Å²) in [5.74, 6) is -2.09. The molecular formula is C25H37F2NO3. The van der Waals surface area contributed by atoms with Crippen LogP contribution in [0.4, 0.5) is 8.78 Å². The standard InChI is InChI=1S/C21H23F2NO3.2C2H6.H2/c1-4-27-20(25)11-8-16-17(19(23)10-9-18(16)22)12-24-21(26)15-7-5-6-13(2)14(15)3;2*1-2;/h5-7,9-10H,4,8,11-12H2,1-3H3,(H,24,26);2*1-2H3;1H. The van der Waals surface area contributed by atoms with Gasteiger partial charge < -0.3 is 10.1 Å². The Morgan fingerprint density at radius 1 is 0.968 bits per heavy atom. The molecule has 0 spiro atoms. The summed E-state index contributed by atoms with van der Waals surface area (Å²) in [4.78, 5) is 24.0. The van der Waals surface area contributed by atoms with Crippen molar-refractivity contribution in [2.45, 2.75) is 67.9 Å². The number of carbonyl (C=O) groups is 2. The quantitative estimate of drug-likeness (QED) is 0.517. The molecule has 1 N–H and O–H groups in total. The third-order valence-corrected chi connectivity index (χ3v) is 4.48. The van der Waals surface area contributed by atoms with Gasteiger partial charge in [0.2, 0.25) is 0 Å². The van der Waals surface area contributed by atoms with E-state index in [2.05, 4.69) is 5.32 Å². The van der Waals surface area contributed by atoms with Gasteiger partial charge in [-0.15, -0.1) is 0 Å². The van der Waals surface area contributed by atoms with Crippen molar-refractivity contribution in [3.8, 4) is 0 Å². The van der Waals surface area contributed by atoms with Crippen molar-refractivity contribution < 1.29 is 24.5 Å². The van der Waals surface area contributed by atoms with E-state index in [-0.39, 0.29) is 44.5 Å². The number of ether oxygens (including phenoxy) is 1. The van der Waals surface area contributed by atoms with Crippen LogP contribution in [-0.4, -0.2) is 18.5 Å². The van der Waals surface area contributed by atoms with Crippen LogP contribution in [0.1, 0.15) is 75.1 Å². The van der Waals surface area contributed by atoms with E-state index in [1.54, 1.807) is 19.1 Å². The van der Waals surface area contributed by atoms with Crippen LogP contribution in [-0.2, 0) is 22.5 Å². The highest BCUT2D eigenvalue weighted by atomic mass is 19.1. The first kappa shape index (κ1) is 28.2. The molecule has 2 rings (SSSR count). The number of benzene rings is 2. The van der Waals surface area contributed by atoms with E-state index in [0.717, 1.165) is 23.3 Å². The average Bonchev–Trinajstić information content (AvgIpc) is 2.78. The number of carbonyl (C=O) groups excluding carboxylic acids is 2. The number of esters is 1. The molecule has 1 amide bonds. The van der Waals surface area contributed by atoms with Crippen LogP contribution >= 0.6 is 0 Å². The number of nitrogens with one attached hydrogen (secondary N) is 1. The van der Waals surface area contributed by atoms with Gasteiger partial charge in [-0.05, 0) is 62.1 Å². The Morgan fingerprint density at radius 3 is 2.13 bits per heavy atom. The number of aryl methyl sites for hydroxylation is 1. The molecule has 0 unspecified atom stereocenters. The van der Waals surface area contributed by atoms with Crippen molar-refractivity contribution in [2.75, 3.05) is 6.61 Å². The zero-order chi connectivity index (χ0) is 24.0. The molecule has 0 bridgehead atoms. The van der Waals surface area contributed by atoms with Crippen molar-refractivity contribution in [3.05, 3.63) is 69.8 Å². The molecule has 0 heterocycles. The Labute approximate surface area is 186 Å². The fourth-order valence-electron chi connectivity index (χ4n) is 2.82. The van der Waals surface area contributed by atoms with E-state index in [4.69, 9.17) is 4.74 Å². The summed E-state index contributed by atoms with van der Waals surface area (Å²) in [6.45, 7) is 13.5. The Morgan fingerprint density at radius 2 is 1.55 bits per heavy atom. The van der Waals surface area contributed by atoms with Gasteiger partial charge in [-0.2, -0.15) is 0 Å². The van der Waals surface area contributed by atoms with Crippen molar-refractivity contribution in [1.29, 1.82) is 0 Å². The molecule has 6 heteroatoms. The minimum absolute atomic E-state index is 0. The molecule has 31 heavy (non-hydrogen) atoms. The van der Waals surface area contributed by atoms with Crippen LogP contribution in [0.25, 0.3) is 0 Å². The second-order valence-electron chi connectivity index (χ2n) is 6.22. The number of hydrogen-bond donors (Lipinski definition) is 1. The molecule has 0 fully saturated rings. The topological polar surface area (TPSA) is 55.4 Å². The predicted octanol–water partition coefficient (Wildman–Crippen LogP) is 6.31. The summed E-state index contributed by atoms with van der Waals surface area (Å²) in [5, 5.41) is 2.64. The van der Waals surface area contributed by atoms with Crippen molar-refractivity contribution in [2.24, 2.45) is 0 Å². The summed E-state index contributed by atoms with van der Waals surface area (Å²) >= 11 is 0. The second-order valence-corrected chi connectivity index (χ2v) is 6.22. The monoisotopic (exact) mass is 437 g/mol. The number of hydrogen-bond acceptors (Lipinski definition) is 3. The largest absolute Gasteiger partial charge is 0.466 e. The van der Waals surface area contributed by atoms with E-state index in [9.17, 15) is 18.4 Å². The van der Waals surface area contributed by atoms with Gasteiger partial charge in [0, 0.05) is 25.5 Å². The molecular weight excluding hydrogens is 400 g/mol. The van der Waals surface area contributed by atoms with Gasteiger partial charge in [0.05, 0.1) is 6.61 Å². The lowest BCUT2D eigenvalue weighted by molar-refractivity contribution is -0.143. The van der Waals surface area contributed by atoms with Crippen molar-refractivity contribution >= 4 is 11.9 Å². The first-order chi connectivity index (χ1) is 14.8. The third-order valence-electron chi connectivity index (χ3n) is 4.48. The normalized spacial score (nSPS) is 9.58. The molecule has 0 aliphatic heterocycles. The van der Waals surface area contributed by atoms with Gasteiger partial charge in [-0.25, -0.2) is 8.78 Å². The summed E-state index contributed by atoms with van der Waals surface area (Å²) in [6.07, 6.45) is -0.0662. The lowest BCUT2D eigenvalue weighted by atomic mass is 10.0. The summed E-state index contributed by atoms with van der Waals surface area (Å²) in [6, 6.07) is 7.38. The first-order valence-corrected chi connectivity index (χ1v) is 10.8. The summed E-state index contributed by atoms with van der Waals surface area (Å²) < 4.78 is 33.3. The van der Waals surface area contributed by atoms with E-state index in [1.807, 2.05) is 47.6 Å². The fourth-order valence-corrected chi connectivity index (χ4v) is 2.82. The van der Waals surface area contributed by atoms with Crippen LogP contribution in [0, 0.1) is 25.5 Å². The maximum atomic E-state index is 14.3. The zero-order valence-electron chi connectivity index (χ0n) is 19.7. The SMILES string of the molecule is CC.CC.CCOC(=O)CCc1c(F)ccc(F)c1CNC(=O)c1cccc(C)c1C.[HH]. The lowest BCUT2D eigenvalue weighted by Gasteiger charge is -2.14. The highest BCUT2D eigenvalue weighted by Gasteiger charge is 2.17. The Hall–Kier alpha value is -2.76. The van der Waals surface area contributed by atoms with Gasteiger partial charge in [0.15, 0.2) is 0 Å². The summed E-state index contributed by atoms with van der Waals surface area (Å²) in [7, 11) is 0. The van der Waals surface area contributed by atoms with Crippen molar-refractivity contribution in [1.82, 2.24) is 5.32 Å². The minimum Gasteiger partial charge on any atom is -0.466 e. The van der Waals surface area contributed by atoms with E-state index >= 15 is 0 Å². The van der Waals surface area contributed by atoms with E-state index < -0.39 is 17.6 Å². The maximum absolute atomic E-state index is 14.3. The highest BCUT2D eigenvalue weighted by Crippen LogP contribution is 2.20. The number of rotatable bonds is 7. The predicted molar refractivity (Wildman–Crippen MR) is 123 cm³/mol. The van der Waals surface area contributed by atoms with Crippen LogP contribution in [0.5, 0.6) is 0 Å². The molecule has 0 atom stereocenters. The van der Waals surface area contributed by atoms with Gasteiger partial charge >= 0.3 is 5.97 Å². The minimum atomic E-state index is -0.628. The van der Waals surface area contributed by atoms with Crippen LogP contribution in [0.15, 0.2) is 30.3 Å². The second kappa shape index (κ2) is 15.1. The smallest absolute Gasteiger partial charge is 0.306 e. The van der Waals surface area contributed by atoms with Gasteiger partial charge in [0.1, 0.15) is 11.6 Å². The van der Waals surface area contributed by atoms with E-state index in [0.29, 0.717) is 5.56 Å². The van der Waals surface area contributed by atoms with E-state index in [1.165, 1.54) is 0 Å². The molecule has 0 saturated carbocycles. The molecule has 0 saturated heterocycles. The van der Waals surface area contributed by atoms with Crippen LogP contribution in [0.3, 0.4) is 0 Å². The van der Waals surface area contributed by atoms with Crippen molar-refractivity contribution in [3.63, 3.8) is 0 Å². The lowest BCUT2D eigenvalue weighted by Crippen LogP contribution is -2.25. The molecule has 0 aliphatic carbocycles. The molecule has 0 radical (unpaired) electrons. The third kappa shape index (κ3) is 8.48. The van der Waals surface area contributed by atoms with Gasteiger partial charge in [-0.3, -0.25) is 9.59 Å². The molecule has 0 aromatic heterocycles. The Bertz CT molecular complexity index is 857. The maximum Gasteiger partial charge on any atom is 0.306 e. The number of amides is 1. The molecule has 2 aromatic carbocycles. The number of halogens is 2. The fraction of sp³-hybridized carbons (Fsp3) is 0.440. The Kier molecular flexibility index (Phi) is 13.8. The van der Waals surface area contributed by atoms with Crippen LogP contribution in [0.2, 0.25) is 0 Å². The first-order valence-electron chi connectivity index (χ1n) is 10.8. The van der Waals surface area contributed by atoms with Gasteiger partial charge in [-0.1, -0.05) is 39.8 Å². The van der Waals surface area contributed by atoms with Crippen LogP contribution < -0.4 is 5.32 Å². The molecule has 0 aliphatic rings. The summed E-state index contributed by atoms with van der Waals surface area (Å²) in [5.41, 5.74) is 2.40. The zero-order valence-corrected chi connectivity index (χ0v) is 19.7. The average molecular weight is 438 g/mol.